The van der Waals surface area contributed by atoms with Gasteiger partial charge in [-0.05, 0) is 31.0 Å². The van der Waals surface area contributed by atoms with Crippen molar-refractivity contribution in [2.45, 2.75) is 44.6 Å². The van der Waals surface area contributed by atoms with Gasteiger partial charge in [0.2, 0.25) is 10.0 Å². The molecule has 4 nitrogen and oxygen atoms in total. The number of rotatable bonds is 4. The molecular weight excluding hydrogens is 376 g/mol. The van der Waals surface area contributed by atoms with Gasteiger partial charge in [-0.1, -0.05) is 60.3 Å². The maximum atomic E-state index is 12.9. The Morgan fingerprint density at radius 3 is 2.57 bits per heavy atom. The second kappa shape index (κ2) is 6.67. The Kier molecular flexibility index (Phi) is 4.97. The molecular formula is C17H23BrN2O2S. The van der Waals surface area contributed by atoms with Crippen LogP contribution in [0.4, 0.5) is 0 Å². The molecule has 1 aliphatic carbocycles. The quantitative estimate of drug-likeness (QED) is 0.816. The molecule has 1 aromatic rings. The van der Waals surface area contributed by atoms with Gasteiger partial charge in [0.05, 0.1) is 10.4 Å². The van der Waals surface area contributed by atoms with E-state index in [1.165, 1.54) is 6.42 Å². The largest absolute Gasteiger partial charge is 0.313 e. The summed E-state index contributed by atoms with van der Waals surface area (Å²) >= 11 is 3.52. The van der Waals surface area contributed by atoms with E-state index in [2.05, 4.69) is 26.0 Å². The van der Waals surface area contributed by atoms with Crippen molar-refractivity contribution in [3.05, 3.63) is 39.9 Å². The van der Waals surface area contributed by atoms with E-state index in [9.17, 15) is 8.42 Å². The number of hydrogen-bond acceptors (Lipinski definition) is 3. The molecule has 3 rings (SSSR count). The van der Waals surface area contributed by atoms with Gasteiger partial charge in [-0.2, -0.15) is 0 Å². The molecule has 0 bridgehead atoms. The van der Waals surface area contributed by atoms with E-state index >= 15 is 0 Å². The fraction of sp³-hybridized carbons (Fsp3) is 0.529. The second-order valence-corrected chi connectivity index (χ2v) is 8.79. The van der Waals surface area contributed by atoms with Crippen LogP contribution in [0.2, 0.25) is 0 Å². The smallest absolute Gasteiger partial charge is 0.242 e. The topological polar surface area (TPSA) is 58.2 Å². The van der Waals surface area contributed by atoms with Crippen molar-refractivity contribution in [1.29, 1.82) is 0 Å². The van der Waals surface area contributed by atoms with E-state index in [1.54, 1.807) is 0 Å². The van der Waals surface area contributed by atoms with Crippen molar-refractivity contribution in [3.8, 4) is 0 Å². The minimum atomic E-state index is -3.49. The zero-order valence-corrected chi connectivity index (χ0v) is 15.8. The number of likely N-dealkylation sites (N-methyl/N-ethyl adjacent to an activating group) is 1. The Balaban J connectivity index is 2.19. The van der Waals surface area contributed by atoms with Crippen molar-refractivity contribution >= 4 is 30.9 Å². The maximum Gasteiger partial charge on any atom is 0.242 e. The average molecular weight is 399 g/mol. The average Bonchev–Trinajstić information content (AvgIpc) is 2.73. The standard InChI is InChI=1S/C17H23BrN2O2S/c1-2-19-12-14-16(13-8-4-5-9-15(13)18)23(21,22)20-17(14)10-6-3-7-11-17/h4-5,8-9,19-20H,2-3,6-7,10-12H2,1H3. The number of sulfonamides is 1. The lowest BCUT2D eigenvalue weighted by atomic mass is 9.76. The monoisotopic (exact) mass is 398 g/mol. The SMILES string of the molecule is CCNCC1=C(c2ccccc2Br)S(=O)(=O)NC12CCCCC2. The Morgan fingerprint density at radius 1 is 1.22 bits per heavy atom. The summed E-state index contributed by atoms with van der Waals surface area (Å²) in [5, 5.41) is 3.34. The Morgan fingerprint density at radius 2 is 1.91 bits per heavy atom. The third kappa shape index (κ3) is 3.14. The molecule has 126 valence electrons. The highest BCUT2D eigenvalue weighted by Crippen LogP contribution is 2.46. The van der Waals surface area contributed by atoms with Crippen LogP contribution >= 0.6 is 15.9 Å². The highest BCUT2D eigenvalue weighted by molar-refractivity contribution is 9.10. The molecule has 1 spiro atoms. The van der Waals surface area contributed by atoms with E-state index in [4.69, 9.17) is 0 Å². The molecule has 0 aromatic heterocycles. The first-order valence-electron chi connectivity index (χ1n) is 8.23. The first-order chi connectivity index (χ1) is 11.0. The zero-order chi connectivity index (χ0) is 16.5. The van der Waals surface area contributed by atoms with Crippen molar-refractivity contribution < 1.29 is 8.42 Å². The highest BCUT2D eigenvalue weighted by Gasteiger charge is 2.48. The minimum absolute atomic E-state index is 0.399. The van der Waals surface area contributed by atoms with E-state index in [1.807, 2.05) is 31.2 Å². The first-order valence-corrected chi connectivity index (χ1v) is 10.5. The molecule has 1 aliphatic heterocycles. The van der Waals surface area contributed by atoms with Crippen LogP contribution in [0.3, 0.4) is 0 Å². The molecule has 6 heteroatoms. The van der Waals surface area contributed by atoms with Crippen molar-refractivity contribution in [2.75, 3.05) is 13.1 Å². The molecule has 0 unspecified atom stereocenters. The molecule has 2 N–H and O–H groups in total. The number of benzene rings is 1. The summed E-state index contributed by atoms with van der Waals surface area (Å²) in [6.45, 7) is 3.48. The van der Waals surface area contributed by atoms with Crippen LogP contribution in [-0.2, 0) is 10.0 Å². The van der Waals surface area contributed by atoms with Crippen LogP contribution in [0.15, 0.2) is 34.3 Å². The molecule has 1 saturated carbocycles. The third-order valence-corrected chi connectivity index (χ3v) is 7.18. The van der Waals surface area contributed by atoms with Crippen LogP contribution in [-0.4, -0.2) is 27.0 Å². The van der Waals surface area contributed by atoms with E-state index in [0.29, 0.717) is 11.4 Å². The van der Waals surface area contributed by atoms with Crippen LogP contribution in [0.25, 0.3) is 4.91 Å². The Bertz CT molecular complexity index is 722. The van der Waals surface area contributed by atoms with Crippen LogP contribution in [0.1, 0.15) is 44.6 Å². The molecule has 0 atom stereocenters. The van der Waals surface area contributed by atoms with Gasteiger partial charge in [-0.25, -0.2) is 13.1 Å². The fourth-order valence-corrected chi connectivity index (χ4v) is 6.38. The molecule has 0 amide bonds. The summed E-state index contributed by atoms with van der Waals surface area (Å²) in [7, 11) is -3.49. The summed E-state index contributed by atoms with van der Waals surface area (Å²) in [6.07, 6.45) is 5.10. The van der Waals surface area contributed by atoms with Crippen molar-refractivity contribution in [2.24, 2.45) is 0 Å². The molecule has 2 aliphatic rings. The van der Waals surface area contributed by atoms with Gasteiger partial charge < -0.3 is 5.32 Å². The third-order valence-electron chi connectivity index (χ3n) is 4.83. The predicted molar refractivity (Wildman–Crippen MR) is 97.5 cm³/mol. The summed E-state index contributed by atoms with van der Waals surface area (Å²) in [4.78, 5) is 0.466. The van der Waals surface area contributed by atoms with Gasteiger partial charge in [0.25, 0.3) is 0 Å². The normalized spacial score (nSPS) is 22.7. The van der Waals surface area contributed by atoms with Gasteiger partial charge in [0.15, 0.2) is 0 Å². The second-order valence-electron chi connectivity index (χ2n) is 6.32. The first kappa shape index (κ1) is 17.1. The number of hydrogen-bond donors (Lipinski definition) is 2. The summed E-state index contributed by atoms with van der Waals surface area (Å²) in [5.41, 5.74) is 1.37. The van der Waals surface area contributed by atoms with Gasteiger partial charge in [0, 0.05) is 16.6 Å². The van der Waals surface area contributed by atoms with Gasteiger partial charge in [-0.3, -0.25) is 0 Å². The molecule has 1 aromatic carbocycles. The van der Waals surface area contributed by atoms with Gasteiger partial charge in [-0.15, -0.1) is 0 Å². The Hall–Kier alpha value is -0.690. The Labute approximate surface area is 146 Å². The molecule has 1 fully saturated rings. The fourth-order valence-electron chi connectivity index (χ4n) is 3.76. The summed E-state index contributed by atoms with van der Waals surface area (Å²) in [6, 6.07) is 7.57. The van der Waals surface area contributed by atoms with Crippen molar-refractivity contribution in [1.82, 2.24) is 10.0 Å². The zero-order valence-electron chi connectivity index (χ0n) is 13.4. The number of nitrogens with one attached hydrogen (secondary N) is 2. The lowest BCUT2D eigenvalue weighted by molar-refractivity contribution is 0.315. The maximum absolute atomic E-state index is 12.9. The van der Waals surface area contributed by atoms with Crippen LogP contribution in [0.5, 0.6) is 0 Å². The van der Waals surface area contributed by atoms with Gasteiger partial charge >= 0.3 is 0 Å². The molecule has 0 radical (unpaired) electrons. The summed E-state index contributed by atoms with van der Waals surface area (Å²) < 4.78 is 29.7. The number of halogens is 1. The van der Waals surface area contributed by atoms with Crippen LogP contribution < -0.4 is 10.0 Å². The molecule has 1 heterocycles. The van der Waals surface area contributed by atoms with E-state index in [-0.39, 0.29) is 0 Å². The lowest BCUT2D eigenvalue weighted by Crippen LogP contribution is -2.47. The minimum Gasteiger partial charge on any atom is -0.313 e. The molecule has 0 saturated heterocycles. The van der Waals surface area contributed by atoms with Crippen molar-refractivity contribution in [3.63, 3.8) is 0 Å². The van der Waals surface area contributed by atoms with E-state index < -0.39 is 15.6 Å². The lowest BCUT2D eigenvalue weighted by Gasteiger charge is -2.35. The van der Waals surface area contributed by atoms with Gasteiger partial charge in [0.1, 0.15) is 0 Å². The van der Waals surface area contributed by atoms with Crippen LogP contribution in [0, 0.1) is 0 Å². The van der Waals surface area contributed by atoms with E-state index in [0.717, 1.165) is 47.8 Å². The predicted octanol–water partition coefficient (Wildman–Crippen LogP) is 3.41. The summed E-state index contributed by atoms with van der Waals surface area (Å²) in [5.74, 6) is 0. The molecule has 23 heavy (non-hydrogen) atoms. The highest BCUT2D eigenvalue weighted by atomic mass is 79.9.